The van der Waals surface area contributed by atoms with Crippen molar-refractivity contribution >= 4 is 44.4 Å². The highest BCUT2D eigenvalue weighted by Gasteiger charge is 2.71. The number of alkyl halides is 6. The highest BCUT2D eigenvalue weighted by molar-refractivity contribution is 7.69. The number of benzene rings is 1. The number of hydrogen-bond acceptors (Lipinski definition) is 1. The lowest BCUT2D eigenvalue weighted by molar-refractivity contribution is -0.376. The van der Waals surface area contributed by atoms with Crippen molar-refractivity contribution in [3.63, 3.8) is 0 Å². The van der Waals surface area contributed by atoms with E-state index in [0.29, 0.717) is 12.1 Å². The average molecular weight is 378 g/mol. The highest BCUT2D eigenvalue weighted by Crippen LogP contribution is 2.49. The predicted molar refractivity (Wildman–Crippen MR) is 65.4 cm³/mol. The van der Waals surface area contributed by atoms with Crippen molar-refractivity contribution in [1.82, 2.24) is 0 Å². The normalized spacial score (nSPS) is 14.5. The summed E-state index contributed by atoms with van der Waals surface area (Å²) in [5.74, 6) is 0. The monoisotopic (exact) mass is 376 g/mol. The maximum absolute atomic E-state index is 12.6. The molecule has 0 aromatic heterocycles. The zero-order chi connectivity index (χ0) is 16.0. The zero-order valence-corrected chi connectivity index (χ0v) is 12.4. The fourth-order valence-electron chi connectivity index (χ4n) is 1.39. The van der Waals surface area contributed by atoms with Crippen LogP contribution in [0.5, 0.6) is 0 Å². The number of aliphatic hydroxyl groups is 1. The van der Waals surface area contributed by atoms with Crippen molar-refractivity contribution in [2.45, 2.75) is 18.0 Å². The summed E-state index contributed by atoms with van der Waals surface area (Å²) in [5, 5.41) is 9.11. The summed E-state index contributed by atoms with van der Waals surface area (Å²) in [6, 6.07) is -0.930. The molecule has 1 nitrogen and oxygen atoms in total. The first-order chi connectivity index (χ1) is 8.71. The van der Waals surface area contributed by atoms with Gasteiger partial charge in [0.2, 0.25) is 0 Å². The third-order valence-corrected chi connectivity index (χ3v) is 5.40. The molecular formula is C9H5Cl3F6OSi. The summed E-state index contributed by atoms with van der Waals surface area (Å²) in [7, 11) is 0. The quantitative estimate of drug-likeness (QED) is 0.471. The van der Waals surface area contributed by atoms with Gasteiger partial charge in [-0.15, -0.1) is 33.2 Å². The third-order valence-electron chi connectivity index (χ3n) is 2.45. The summed E-state index contributed by atoms with van der Waals surface area (Å²) in [6.45, 7) is 0. The molecule has 0 heterocycles. The summed E-state index contributed by atoms with van der Waals surface area (Å²) in [6.07, 6.45) is -11.9. The van der Waals surface area contributed by atoms with Crippen LogP contribution < -0.4 is 5.19 Å². The van der Waals surface area contributed by atoms with E-state index >= 15 is 0 Å². The first-order valence-electron chi connectivity index (χ1n) is 4.75. The first kappa shape index (κ1) is 17.9. The molecule has 0 atom stereocenters. The molecule has 1 N–H and O–H groups in total. The highest BCUT2D eigenvalue weighted by atomic mass is 35.8. The van der Waals surface area contributed by atoms with Crippen molar-refractivity contribution in [3.8, 4) is 0 Å². The molecule has 0 saturated heterocycles. The maximum Gasteiger partial charge on any atom is 0.430 e. The van der Waals surface area contributed by atoms with Gasteiger partial charge in [-0.2, -0.15) is 26.3 Å². The molecule has 20 heavy (non-hydrogen) atoms. The van der Waals surface area contributed by atoms with E-state index in [4.69, 9.17) is 38.3 Å². The van der Waals surface area contributed by atoms with Crippen molar-refractivity contribution in [2.75, 3.05) is 0 Å². The molecule has 0 saturated carbocycles. The van der Waals surface area contributed by atoms with Crippen LogP contribution in [0.3, 0.4) is 0 Å². The molecule has 0 aliphatic heterocycles. The van der Waals surface area contributed by atoms with Crippen LogP contribution in [0.25, 0.3) is 0 Å². The third kappa shape index (κ3) is 3.19. The molecule has 0 aliphatic rings. The average Bonchev–Trinajstić information content (AvgIpc) is 2.24. The van der Waals surface area contributed by atoms with Gasteiger partial charge in [-0.1, -0.05) is 24.3 Å². The van der Waals surface area contributed by atoms with Gasteiger partial charge < -0.3 is 5.11 Å². The number of rotatable bonds is 2. The van der Waals surface area contributed by atoms with Gasteiger partial charge in [-0.05, 0) is 5.19 Å². The molecule has 1 rings (SSSR count). The molecular weight excluding hydrogens is 373 g/mol. The molecule has 114 valence electrons. The van der Waals surface area contributed by atoms with Gasteiger partial charge in [-0.3, -0.25) is 0 Å². The first-order valence-corrected chi connectivity index (χ1v) is 9.78. The lowest BCUT2D eigenvalue weighted by Gasteiger charge is -2.32. The van der Waals surface area contributed by atoms with Gasteiger partial charge in [0.1, 0.15) is 0 Å². The lowest BCUT2D eigenvalue weighted by atomic mass is 9.92. The van der Waals surface area contributed by atoms with E-state index in [0.717, 1.165) is 12.1 Å². The van der Waals surface area contributed by atoms with Gasteiger partial charge in [0.15, 0.2) is 0 Å². The van der Waals surface area contributed by atoms with Crippen molar-refractivity contribution in [2.24, 2.45) is 0 Å². The van der Waals surface area contributed by atoms with Crippen molar-refractivity contribution in [3.05, 3.63) is 29.8 Å². The van der Waals surface area contributed by atoms with Gasteiger partial charge in [0, 0.05) is 5.56 Å². The fraction of sp³-hybridized carbons (Fsp3) is 0.333. The summed E-state index contributed by atoms with van der Waals surface area (Å²) >= 11 is 16.7. The SMILES string of the molecule is OC(c1ccc([Si](Cl)(Cl)Cl)cc1)(C(F)(F)F)C(F)(F)F. The van der Waals surface area contributed by atoms with Crippen molar-refractivity contribution in [1.29, 1.82) is 0 Å². The van der Waals surface area contributed by atoms with Gasteiger partial charge in [0.05, 0.1) is 0 Å². The largest absolute Gasteiger partial charge is 0.430 e. The minimum absolute atomic E-state index is 0.00190. The molecule has 0 spiro atoms. The van der Waals surface area contributed by atoms with E-state index in [9.17, 15) is 26.3 Å². The Kier molecular flexibility index (Phi) is 4.69. The van der Waals surface area contributed by atoms with Gasteiger partial charge in [-0.25, -0.2) is 0 Å². The Hall–Kier alpha value is -0.153. The van der Waals surface area contributed by atoms with E-state index < -0.39 is 29.5 Å². The smallest absolute Gasteiger partial charge is 0.369 e. The van der Waals surface area contributed by atoms with Crippen molar-refractivity contribution < 1.29 is 31.4 Å². The Labute approximate surface area is 124 Å². The molecule has 0 unspecified atom stereocenters. The van der Waals surface area contributed by atoms with E-state index in [-0.39, 0.29) is 5.19 Å². The van der Waals surface area contributed by atoms with Gasteiger partial charge in [0.25, 0.3) is 5.60 Å². The number of hydrogen-bond donors (Lipinski definition) is 1. The molecule has 0 bridgehead atoms. The van der Waals surface area contributed by atoms with Crippen LogP contribution >= 0.6 is 33.2 Å². The van der Waals surface area contributed by atoms with E-state index in [1.165, 1.54) is 0 Å². The molecule has 1 aromatic carbocycles. The molecule has 1 aromatic rings. The van der Waals surface area contributed by atoms with Crippen LogP contribution in [0.1, 0.15) is 5.56 Å². The Morgan fingerprint density at radius 1 is 0.800 bits per heavy atom. The standard InChI is InChI=1S/C9H5Cl3F6OSi/c10-20(11,12)6-3-1-5(2-4-6)7(19,8(13,14)15)9(16,17)18/h1-4,19H. The topological polar surface area (TPSA) is 20.2 Å². The van der Waals surface area contributed by atoms with E-state index in [1.807, 2.05) is 0 Å². The van der Waals surface area contributed by atoms with Crippen LogP contribution in [0.2, 0.25) is 0 Å². The van der Waals surface area contributed by atoms with Crippen LogP contribution in [-0.4, -0.2) is 23.5 Å². The second kappa shape index (κ2) is 5.24. The fourth-order valence-corrected chi connectivity index (χ4v) is 3.07. The Bertz CT molecular complexity index is 464. The summed E-state index contributed by atoms with van der Waals surface area (Å²) in [5.41, 5.74) is -6.38. The summed E-state index contributed by atoms with van der Waals surface area (Å²) < 4.78 is 75.5. The second-order valence-corrected chi connectivity index (χ2v) is 12.2. The minimum Gasteiger partial charge on any atom is -0.369 e. The summed E-state index contributed by atoms with van der Waals surface area (Å²) in [4.78, 5) is 0. The van der Waals surface area contributed by atoms with E-state index in [2.05, 4.69) is 0 Å². The molecule has 0 radical (unpaired) electrons. The maximum atomic E-state index is 12.6. The predicted octanol–water partition coefficient (Wildman–Crippen LogP) is 3.86. The molecule has 11 heteroatoms. The molecule has 0 aliphatic carbocycles. The Morgan fingerprint density at radius 2 is 1.15 bits per heavy atom. The lowest BCUT2D eigenvalue weighted by Crippen LogP contribution is -2.54. The molecule has 0 amide bonds. The zero-order valence-electron chi connectivity index (χ0n) is 9.16. The molecule has 0 fully saturated rings. The number of halogens is 9. The van der Waals surface area contributed by atoms with Crippen LogP contribution in [0, 0.1) is 0 Å². The Morgan fingerprint density at radius 3 is 1.40 bits per heavy atom. The van der Waals surface area contributed by atoms with Crippen LogP contribution in [0.15, 0.2) is 24.3 Å². The minimum atomic E-state index is -5.94. The Balaban J connectivity index is 3.39. The van der Waals surface area contributed by atoms with E-state index in [1.54, 1.807) is 0 Å². The van der Waals surface area contributed by atoms with Crippen LogP contribution in [-0.2, 0) is 5.60 Å². The van der Waals surface area contributed by atoms with Gasteiger partial charge >= 0.3 is 18.4 Å². The van der Waals surface area contributed by atoms with Crippen LogP contribution in [0.4, 0.5) is 26.3 Å². The second-order valence-electron chi connectivity index (χ2n) is 3.78.